The zero-order valence-corrected chi connectivity index (χ0v) is 19.3. The first kappa shape index (κ1) is 25.9. The number of nitrogens with one attached hydrogen (secondary N) is 2. The highest BCUT2D eigenvalue weighted by Crippen LogP contribution is 2.11. The summed E-state index contributed by atoms with van der Waals surface area (Å²) in [6.45, 7) is 9.36. The third-order valence-corrected chi connectivity index (χ3v) is 3.65. The van der Waals surface area contributed by atoms with Crippen molar-refractivity contribution in [2.24, 2.45) is 4.99 Å². The molecule has 1 rings (SSSR count). The van der Waals surface area contributed by atoms with Crippen molar-refractivity contribution < 1.29 is 14.2 Å². The number of hydrogen-bond acceptors (Lipinski definition) is 4. The van der Waals surface area contributed by atoms with Crippen LogP contribution < -0.4 is 15.4 Å². The lowest BCUT2D eigenvalue weighted by Crippen LogP contribution is -2.38. The number of aliphatic imine (C=N–C) groups is 1. The van der Waals surface area contributed by atoms with Crippen LogP contribution in [0.15, 0.2) is 29.3 Å². The standard InChI is InChI=1S/C20H35N3O3.HI/c1-4-21-20(23-13-7-14-25-17-16-24-3)22-12-5-6-15-26-19-10-8-18(2)9-11-19;/h8-11H,4-7,12-17H2,1-3H3,(H2,21,22,23);1H. The quantitative estimate of drug-likeness (QED) is 0.180. The van der Waals surface area contributed by atoms with Crippen molar-refractivity contribution in [2.75, 3.05) is 53.2 Å². The number of hydrogen-bond donors (Lipinski definition) is 2. The van der Waals surface area contributed by atoms with Gasteiger partial charge in [0.1, 0.15) is 5.75 Å². The SMILES string of the molecule is CCNC(=NCCCOCCOC)NCCCCOc1ccc(C)cc1.I. The van der Waals surface area contributed by atoms with Gasteiger partial charge in [0.2, 0.25) is 0 Å². The van der Waals surface area contributed by atoms with Crippen LogP contribution in [-0.4, -0.2) is 59.1 Å². The summed E-state index contributed by atoms with van der Waals surface area (Å²) in [5.41, 5.74) is 1.25. The van der Waals surface area contributed by atoms with Crippen molar-refractivity contribution >= 4 is 29.9 Å². The molecular formula is C20H36IN3O3. The summed E-state index contributed by atoms with van der Waals surface area (Å²) in [5.74, 6) is 1.80. The number of nitrogens with zero attached hydrogens (tertiary/aromatic N) is 1. The van der Waals surface area contributed by atoms with Gasteiger partial charge in [-0.25, -0.2) is 0 Å². The van der Waals surface area contributed by atoms with E-state index in [-0.39, 0.29) is 24.0 Å². The zero-order chi connectivity index (χ0) is 18.9. The Kier molecular flexibility index (Phi) is 17.6. The summed E-state index contributed by atoms with van der Waals surface area (Å²) >= 11 is 0. The van der Waals surface area contributed by atoms with Gasteiger partial charge in [-0.05, 0) is 45.2 Å². The number of guanidine groups is 1. The highest BCUT2D eigenvalue weighted by Gasteiger charge is 1.98. The van der Waals surface area contributed by atoms with Crippen LogP contribution in [0, 0.1) is 6.92 Å². The van der Waals surface area contributed by atoms with Gasteiger partial charge < -0.3 is 24.8 Å². The molecule has 2 N–H and O–H groups in total. The van der Waals surface area contributed by atoms with Crippen LogP contribution in [0.25, 0.3) is 0 Å². The van der Waals surface area contributed by atoms with E-state index < -0.39 is 0 Å². The molecule has 6 nitrogen and oxygen atoms in total. The van der Waals surface area contributed by atoms with Gasteiger partial charge in [-0.3, -0.25) is 4.99 Å². The van der Waals surface area contributed by atoms with Crippen molar-refractivity contribution in [3.05, 3.63) is 29.8 Å². The topological polar surface area (TPSA) is 64.1 Å². The third kappa shape index (κ3) is 14.6. The number of ether oxygens (including phenoxy) is 3. The Morgan fingerprint density at radius 1 is 0.963 bits per heavy atom. The molecule has 0 aliphatic rings. The second-order valence-corrected chi connectivity index (χ2v) is 6.01. The minimum Gasteiger partial charge on any atom is -0.494 e. The van der Waals surface area contributed by atoms with Crippen molar-refractivity contribution in [1.82, 2.24) is 10.6 Å². The fraction of sp³-hybridized carbons (Fsp3) is 0.650. The van der Waals surface area contributed by atoms with E-state index in [9.17, 15) is 0 Å². The maximum Gasteiger partial charge on any atom is 0.191 e. The Bertz CT molecular complexity index is 484. The Morgan fingerprint density at radius 3 is 2.44 bits per heavy atom. The number of halogens is 1. The molecule has 0 aromatic heterocycles. The lowest BCUT2D eigenvalue weighted by Gasteiger charge is -2.11. The van der Waals surface area contributed by atoms with E-state index >= 15 is 0 Å². The van der Waals surface area contributed by atoms with Gasteiger partial charge in [0.15, 0.2) is 5.96 Å². The van der Waals surface area contributed by atoms with Crippen LogP contribution in [0.1, 0.15) is 31.7 Å². The molecule has 0 radical (unpaired) electrons. The predicted octanol–water partition coefficient (Wildman–Crippen LogP) is 3.38. The first-order valence-corrected chi connectivity index (χ1v) is 9.54. The lowest BCUT2D eigenvalue weighted by molar-refractivity contribution is 0.0702. The lowest BCUT2D eigenvalue weighted by atomic mass is 10.2. The highest BCUT2D eigenvalue weighted by atomic mass is 127. The molecule has 0 unspecified atom stereocenters. The van der Waals surface area contributed by atoms with Gasteiger partial charge in [0.25, 0.3) is 0 Å². The predicted molar refractivity (Wildman–Crippen MR) is 123 cm³/mol. The largest absolute Gasteiger partial charge is 0.494 e. The maximum atomic E-state index is 5.74. The first-order valence-electron chi connectivity index (χ1n) is 9.54. The van der Waals surface area contributed by atoms with Gasteiger partial charge in [-0.15, -0.1) is 24.0 Å². The maximum absolute atomic E-state index is 5.74. The van der Waals surface area contributed by atoms with Crippen molar-refractivity contribution in [3.63, 3.8) is 0 Å². The third-order valence-electron chi connectivity index (χ3n) is 3.65. The molecule has 0 heterocycles. The van der Waals surface area contributed by atoms with Crippen LogP contribution >= 0.6 is 24.0 Å². The molecule has 156 valence electrons. The zero-order valence-electron chi connectivity index (χ0n) is 17.0. The number of aryl methyl sites for hydroxylation is 1. The van der Waals surface area contributed by atoms with Crippen molar-refractivity contribution in [1.29, 1.82) is 0 Å². The van der Waals surface area contributed by atoms with Crippen LogP contribution in [0.4, 0.5) is 0 Å². The highest BCUT2D eigenvalue weighted by molar-refractivity contribution is 14.0. The van der Waals surface area contributed by atoms with E-state index in [1.54, 1.807) is 7.11 Å². The van der Waals surface area contributed by atoms with Gasteiger partial charge in [-0.2, -0.15) is 0 Å². The second-order valence-electron chi connectivity index (χ2n) is 6.01. The summed E-state index contributed by atoms with van der Waals surface area (Å²) in [6.07, 6.45) is 2.95. The van der Waals surface area contributed by atoms with E-state index in [1.165, 1.54) is 5.56 Å². The van der Waals surface area contributed by atoms with Crippen LogP contribution in [0.3, 0.4) is 0 Å². The van der Waals surface area contributed by atoms with E-state index in [2.05, 4.69) is 41.6 Å². The molecule has 0 aliphatic heterocycles. The summed E-state index contributed by atoms with van der Waals surface area (Å²) < 4.78 is 16.1. The fourth-order valence-electron chi connectivity index (χ4n) is 2.20. The second kappa shape index (κ2) is 18.3. The molecule has 0 saturated heterocycles. The average Bonchev–Trinajstić information content (AvgIpc) is 2.65. The van der Waals surface area contributed by atoms with E-state index in [4.69, 9.17) is 14.2 Å². The molecule has 0 amide bonds. The van der Waals surface area contributed by atoms with E-state index in [0.717, 1.165) is 57.2 Å². The summed E-state index contributed by atoms with van der Waals surface area (Å²) in [5, 5.41) is 6.62. The molecule has 0 aliphatic carbocycles. The van der Waals surface area contributed by atoms with Crippen molar-refractivity contribution in [3.8, 4) is 5.75 Å². The van der Waals surface area contributed by atoms with Crippen molar-refractivity contribution in [2.45, 2.75) is 33.1 Å². The van der Waals surface area contributed by atoms with Crippen LogP contribution in [0.2, 0.25) is 0 Å². The molecule has 0 fully saturated rings. The van der Waals surface area contributed by atoms with Gasteiger partial charge in [0, 0.05) is 33.4 Å². The summed E-state index contributed by atoms with van der Waals surface area (Å²) in [4.78, 5) is 4.56. The summed E-state index contributed by atoms with van der Waals surface area (Å²) in [7, 11) is 1.68. The van der Waals surface area contributed by atoms with Crippen LogP contribution in [-0.2, 0) is 9.47 Å². The number of methoxy groups -OCH3 is 1. The Labute approximate surface area is 181 Å². The molecule has 7 heteroatoms. The molecule has 1 aromatic rings. The van der Waals surface area contributed by atoms with E-state index in [1.807, 2.05) is 12.1 Å². The molecular weight excluding hydrogens is 457 g/mol. The molecule has 0 saturated carbocycles. The van der Waals surface area contributed by atoms with Gasteiger partial charge >= 0.3 is 0 Å². The Hall–Kier alpha value is -1.06. The van der Waals surface area contributed by atoms with Crippen LogP contribution in [0.5, 0.6) is 5.75 Å². The summed E-state index contributed by atoms with van der Waals surface area (Å²) in [6, 6.07) is 8.17. The minimum absolute atomic E-state index is 0. The molecule has 1 aromatic carbocycles. The fourth-order valence-corrected chi connectivity index (χ4v) is 2.20. The van der Waals surface area contributed by atoms with E-state index in [0.29, 0.717) is 19.8 Å². The number of unbranched alkanes of at least 4 members (excludes halogenated alkanes) is 1. The molecule has 0 spiro atoms. The monoisotopic (exact) mass is 493 g/mol. The minimum atomic E-state index is 0. The molecule has 0 bridgehead atoms. The van der Waals surface area contributed by atoms with Gasteiger partial charge in [-0.1, -0.05) is 17.7 Å². The average molecular weight is 493 g/mol. The normalized spacial score (nSPS) is 11.0. The Balaban J connectivity index is 0.00000676. The van der Waals surface area contributed by atoms with Gasteiger partial charge in [0.05, 0.1) is 19.8 Å². The number of rotatable bonds is 14. The molecule has 27 heavy (non-hydrogen) atoms. The smallest absolute Gasteiger partial charge is 0.191 e. The number of benzene rings is 1. The first-order chi connectivity index (χ1) is 12.8. The Morgan fingerprint density at radius 2 is 1.74 bits per heavy atom. The molecule has 0 atom stereocenters.